The molecule has 30 heavy (non-hydrogen) atoms. The highest BCUT2D eigenvalue weighted by Crippen LogP contribution is 2.24. The number of nitrogens with one attached hydrogen (secondary N) is 1. The molecule has 0 radical (unpaired) electrons. The van der Waals surface area contributed by atoms with E-state index < -0.39 is 10.0 Å². The van der Waals surface area contributed by atoms with Gasteiger partial charge in [0.15, 0.2) is 0 Å². The lowest BCUT2D eigenvalue weighted by Crippen LogP contribution is -2.36. The molecule has 0 aliphatic carbocycles. The Hall–Kier alpha value is -2.42. The molecule has 160 valence electrons. The van der Waals surface area contributed by atoms with Crippen molar-refractivity contribution in [2.24, 2.45) is 0 Å². The summed E-state index contributed by atoms with van der Waals surface area (Å²) in [7, 11) is -3.22. The van der Waals surface area contributed by atoms with Crippen LogP contribution < -0.4 is 9.62 Å². The number of sulfonamides is 1. The van der Waals surface area contributed by atoms with Gasteiger partial charge in [0.1, 0.15) is 0 Å². The number of hydrogen-bond acceptors (Lipinski definition) is 5. The summed E-state index contributed by atoms with van der Waals surface area (Å²) in [5.74, 6) is 0.00559. The van der Waals surface area contributed by atoms with Crippen molar-refractivity contribution in [1.29, 1.82) is 0 Å². The van der Waals surface area contributed by atoms with Crippen molar-refractivity contribution >= 4 is 21.6 Å². The molecule has 0 bridgehead atoms. The summed E-state index contributed by atoms with van der Waals surface area (Å²) >= 11 is 0. The van der Waals surface area contributed by atoms with Gasteiger partial charge in [-0.05, 0) is 41.8 Å². The molecule has 2 fully saturated rings. The molecule has 2 aromatic carbocycles. The molecule has 8 heteroatoms. The highest BCUT2D eigenvalue weighted by molar-refractivity contribution is 7.93. The van der Waals surface area contributed by atoms with Gasteiger partial charge in [0.25, 0.3) is 5.91 Å². The van der Waals surface area contributed by atoms with Crippen LogP contribution in [0.4, 0.5) is 5.69 Å². The molecular formula is C22H27N3O4S. The van der Waals surface area contributed by atoms with Gasteiger partial charge in [0.05, 0.1) is 24.7 Å². The third kappa shape index (κ3) is 4.83. The van der Waals surface area contributed by atoms with Gasteiger partial charge >= 0.3 is 0 Å². The van der Waals surface area contributed by atoms with Crippen molar-refractivity contribution in [1.82, 2.24) is 10.2 Å². The van der Waals surface area contributed by atoms with Gasteiger partial charge in [-0.15, -0.1) is 0 Å². The molecule has 0 aromatic heterocycles. The smallest absolute Gasteiger partial charge is 0.251 e. The van der Waals surface area contributed by atoms with E-state index in [1.54, 1.807) is 24.3 Å². The van der Waals surface area contributed by atoms with Gasteiger partial charge < -0.3 is 10.1 Å². The Balaban J connectivity index is 1.38. The summed E-state index contributed by atoms with van der Waals surface area (Å²) in [6, 6.07) is 14.9. The van der Waals surface area contributed by atoms with Crippen LogP contribution >= 0.6 is 0 Å². The number of benzene rings is 2. The maximum absolute atomic E-state index is 12.6. The van der Waals surface area contributed by atoms with Crippen molar-refractivity contribution in [2.45, 2.75) is 19.5 Å². The van der Waals surface area contributed by atoms with Crippen molar-refractivity contribution in [2.75, 3.05) is 42.9 Å². The van der Waals surface area contributed by atoms with Crippen molar-refractivity contribution in [3.05, 3.63) is 65.2 Å². The first kappa shape index (κ1) is 20.8. The summed E-state index contributed by atoms with van der Waals surface area (Å²) in [5.41, 5.74) is 3.42. The van der Waals surface area contributed by atoms with Gasteiger partial charge in [0, 0.05) is 38.3 Å². The summed E-state index contributed by atoms with van der Waals surface area (Å²) in [5, 5.41) is 2.98. The number of carbonyl (C=O) groups excluding carboxylic acids is 1. The molecule has 1 amide bonds. The SMILES string of the molecule is O=C(NCc1ccccc1CN1CCOCC1)c1ccc(N2CCCS2(=O)=O)cc1. The maximum Gasteiger partial charge on any atom is 0.251 e. The number of nitrogens with zero attached hydrogens (tertiary/aromatic N) is 2. The third-order valence-electron chi connectivity index (χ3n) is 5.57. The van der Waals surface area contributed by atoms with Crippen LogP contribution in [0.25, 0.3) is 0 Å². The number of amides is 1. The zero-order chi connectivity index (χ0) is 21.0. The van der Waals surface area contributed by atoms with E-state index in [-0.39, 0.29) is 11.7 Å². The molecule has 2 aliphatic heterocycles. The second-order valence-electron chi connectivity index (χ2n) is 7.63. The summed E-state index contributed by atoms with van der Waals surface area (Å²) in [4.78, 5) is 15.0. The Morgan fingerprint density at radius 1 is 0.967 bits per heavy atom. The molecule has 2 heterocycles. The zero-order valence-corrected chi connectivity index (χ0v) is 17.7. The zero-order valence-electron chi connectivity index (χ0n) is 16.9. The Kier molecular flexibility index (Phi) is 6.36. The summed E-state index contributed by atoms with van der Waals surface area (Å²) in [6.45, 7) is 5.13. The molecule has 0 atom stereocenters. The lowest BCUT2D eigenvalue weighted by atomic mass is 10.1. The highest BCUT2D eigenvalue weighted by atomic mass is 32.2. The van der Waals surface area contributed by atoms with Gasteiger partial charge in [-0.25, -0.2) is 8.42 Å². The van der Waals surface area contributed by atoms with E-state index in [0.717, 1.165) is 38.4 Å². The molecule has 2 saturated heterocycles. The first-order valence-electron chi connectivity index (χ1n) is 10.3. The summed E-state index contributed by atoms with van der Waals surface area (Å²) < 4.78 is 30.9. The lowest BCUT2D eigenvalue weighted by Gasteiger charge is -2.27. The molecule has 0 saturated carbocycles. The van der Waals surface area contributed by atoms with Crippen LogP contribution in [-0.2, 0) is 27.8 Å². The normalized spacial score (nSPS) is 19.0. The number of anilines is 1. The number of hydrogen-bond donors (Lipinski definition) is 1. The van der Waals surface area contributed by atoms with Gasteiger partial charge in [0.2, 0.25) is 10.0 Å². The average molecular weight is 430 g/mol. The minimum Gasteiger partial charge on any atom is -0.379 e. The van der Waals surface area contributed by atoms with E-state index in [2.05, 4.69) is 16.3 Å². The minimum atomic E-state index is -3.22. The molecule has 1 N–H and O–H groups in total. The number of carbonyl (C=O) groups is 1. The lowest BCUT2D eigenvalue weighted by molar-refractivity contribution is 0.0340. The molecule has 2 aliphatic rings. The molecule has 0 spiro atoms. The van der Waals surface area contributed by atoms with Gasteiger partial charge in [-0.1, -0.05) is 24.3 Å². The number of ether oxygens (including phenoxy) is 1. The number of rotatable bonds is 6. The van der Waals surface area contributed by atoms with Gasteiger partial charge in [-0.2, -0.15) is 0 Å². The minimum absolute atomic E-state index is 0.174. The monoisotopic (exact) mass is 429 g/mol. The van der Waals surface area contributed by atoms with Crippen molar-refractivity contribution in [3.8, 4) is 0 Å². The van der Waals surface area contributed by atoms with E-state index >= 15 is 0 Å². The second-order valence-corrected chi connectivity index (χ2v) is 9.64. The van der Waals surface area contributed by atoms with Crippen LogP contribution in [0.5, 0.6) is 0 Å². The second kappa shape index (κ2) is 9.16. The fraction of sp³-hybridized carbons (Fsp3) is 0.409. The fourth-order valence-corrected chi connectivity index (χ4v) is 5.44. The quantitative estimate of drug-likeness (QED) is 0.760. The topological polar surface area (TPSA) is 79.0 Å². The molecule has 4 rings (SSSR count). The van der Waals surface area contributed by atoms with Crippen molar-refractivity contribution in [3.63, 3.8) is 0 Å². The highest BCUT2D eigenvalue weighted by Gasteiger charge is 2.28. The van der Waals surface area contributed by atoms with Crippen LogP contribution in [-0.4, -0.2) is 57.8 Å². The molecule has 2 aromatic rings. The van der Waals surface area contributed by atoms with Crippen LogP contribution in [0.15, 0.2) is 48.5 Å². The molecular weight excluding hydrogens is 402 g/mol. The van der Waals surface area contributed by atoms with E-state index in [1.807, 2.05) is 18.2 Å². The van der Waals surface area contributed by atoms with Gasteiger partial charge in [-0.3, -0.25) is 14.0 Å². The van der Waals surface area contributed by atoms with Crippen LogP contribution in [0.2, 0.25) is 0 Å². The summed E-state index contributed by atoms with van der Waals surface area (Å²) in [6.07, 6.45) is 0.633. The van der Waals surface area contributed by atoms with E-state index in [1.165, 1.54) is 9.87 Å². The molecule has 7 nitrogen and oxygen atoms in total. The fourth-order valence-electron chi connectivity index (χ4n) is 3.87. The van der Waals surface area contributed by atoms with Crippen LogP contribution in [0.3, 0.4) is 0 Å². The van der Waals surface area contributed by atoms with E-state index in [0.29, 0.717) is 30.8 Å². The van der Waals surface area contributed by atoms with E-state index in [4.69, 9.17) is 4.74 Å². The molecule has 0 unspecified atom stereocenters. The standard InChI is InChI=1S/C22H27N3O4S/c26-22(18-6-8-21(9-7-18)25-10-3-15-30(25,27)28)23-16-19-4-1-2-5-20(19)17-24-11-13-29-14-12-24/h1-2,4-9H,3,10-17H2,(H,23,26). The first-order valence-corrected chi connectivity index (χ1v) is 11.9. The first-order chi connectivity index (χ1) is 14.5. The maximum atomic E-state index is 12.6. The Labute approximate surface area is 177 Å². The Morgan fingerprint density at radius 2 is 1.67 bits per heavy atom. The average Bonchev–Trinajstić information content (AvgIpc) is 3.12. The third-order valence-corrected chi connectivity index (χ3v) is 7.44. The predicted molar refractivity (Wildman–Crippen MR) is 116 cm³/mol. The predicted octanol–water partition coefficient (Wildman–Crippen LogP) is 1.99. The number of morpholine rings is 1. The van der Waals surface area contributed by atoms with Crippen molar-refractivity contribution < 1.29 is 17.9 Å². The Morgan fingerprint density at radius 3 is 2.33 bits per heavy atom. The largest absolute Gasteiger partial charge is 0.379 e. The van der Waals surface area contributed by atoms with E-state index in [9.17, 15) is 13.2 Å². The Bertz CT molecular complexity index is 986. The van der Waals surface area contributed by atoms with Crippen LogP contribution in [0, 0.1) is 0 Å². The van der Waals surface area contributed by atoms with Crippen LogP contribution in [0.1, 0.15) is 27.9 Å².